The molecule has 0 radical (unpaired) electrons. The van der Waals surface area contributed by atoms with E-state index < -0.39 is 51.9 Å². The number of ether oxygens (including phenoxy) is 1. The molecule has 7 rings (SSSR count). The molecule has 0 spiro atoms. The highest BCUT2D eigenvalue weighted by molar-refractivity contribution is 8.00. The predicted octanol–water partition coefficient (Wildman–Crippen LogP) is 6.12. The number of halogens is 1. The molecular formula is C40H38ClN5O7S2. The molecule has 2 atom stereocenters. The fourth-order valence-electron chi connectivity index (χ4n) is 6.53. The van der Waals surface area contributed by atoms with E-state index >= 15 is 0 Å². The maximum absolute atomic E-state index is 14.2. The largest absolute Gasteiger partial charge is 0.477 e. The second kappa shape index (κ2) is 15.2. The van der Waals surface area contributed by atoms with E-state index in [1.165, 1.54) is 23.1 Å². The summed E-state index contributed by atoms with van der Waals surface area (Å²) in [5.74, 6) is -3.03. The number of nitrogens with zero attached hydrogens (tertiary/aromatic N) is 3. The SMILES string of the molecule is CC(C)(C)OC(=O)C1(ON=C(C(=O)NC2C(=O)N3C(C(=O)O)=C(CCl)CS[C@@H]23)c2csc(NC(c3ccccc3)(c3ccccc3)c3ccccc3)n2)CC1. The topological polar surface area (TPSA) is 160 Å². The van der Waals surface area contributed by atoms with Crippen LogP contribution in [0.25, 0.3) is 0 Å². The maximum Gasteiger partial charge on any atom is 0.353 e. The highest BCUT2D eigenvalue weighted by atomic mass is 35.5. The van der Waals surface area contributed by atoms with Crippen LogP contribution in [0.3, 0.4) is 0 Å². The smallest absolute Gasteiger partial charge is 0.353 e. The average Bonchev–Trinajstić information content (AvgIpc) is 3.85. The number of benzene rings is 3. The zero-order valence-electron chi connectivity index (χ0n) is 30.2. The summed E-state index contributed by atoms with van der Waals surface area (Å²) in [5.41, 5.74) is -0.142. The molecule has 2 aliphatic heterocycles. The van der Waals surface area contributed by atoms with Crippen molar-refractivity contribution >= 4 is 69.3 Å². The number of carbonyl (C=O) groups excluding carboxylic acids is 3. The Labute approximate surface area is 330 Å². The lowest BCUT2D eigenvalue weighted by atomic mass is 9.77. The fraction of sp³-hybridized carbons (Fsp3) is 0.300. The van der Waals surface area contributed by atoms with Crippen molar-refractivity contribution in [3.05, 3.63) is 130 Å². The first-order valence-electron chi connectivity index (χ1n) is 17.5. The van der Waals surface area contributed by atoms with E-state index in [1.54, 1.807) is 26.2 Å². The molecule has 1 unspecified atom stereocenters. The number of thioether (sulfide) groups is 1. The number of nitrogens with one attached hydrogen (secondary N) is 2. The second-order valence-electron chi connectivity index (χ2n) is 14.3. The lowest BCUT2D eigenvalue weighted by molar-refractivity contribution is -0.172. The van der Waals surface area contributed by atoms with Crippen molar-refractivity contribution < 1.29 is 33.9 Å². The zero-order valence-corrected chi connectivity index (χ0v) is 32.5. The highest BCUT2D eigenvalue weighted by Gasteiger charge is 2.57. The molecular weight excluding hydrogens is 762 g/mol. The van der Waals surface area contributed by atoms with Crippen molar-refractivity contribution in [1.82, 2.24) is 15.2 Å². The second-order valence-corrected chi connectivity index (χ2v) is 16.5. The Kier molecular flexibility index (Phi) is 10.5. The van der Waals surface area contributed by atoms with Crippen LogP contribution >= 0.6 is 34.7 Å². The van der Waals surface area contributed by atoms with Gasteiger partial charge in [-0.1, -0.05) is 96.2 Å². The molecule has 1 aromatic heterocycles. The van der Waals surface area contributed by atoms with Crippen LogP contribution in [-0.4, -0.2) is 78.7 Å². The van der Waals surface area contributed by atoms with E-state index in [0.29, 0.717) is 23.5 Å². The molecule has 1 aliphatic carbocycles. The van der Waals surface area contributed by atoms with Crippen molar-refractivity contribution in [2.24, 2.45) is 5.16 Å². The Morgan fingerprint density at radius 1 is 0.964 bits per heavy atom. The van der Waals surface area contributed by atoms with Gasteiger partial charge in [0.15, 0.2) is 10.8 Å². The van der Waals surface area contributed by atoms with E-state index in [1.807, 2.05) is 91.0 Å². The molecule has 3 aromatic carbocycles. The average molecular weight is 800 g/mol. The van der Waals surface area contributed by atoms with Gasteiger partial charge in [-0.3, -0.25) is 14.5 Å². The third-order valence-corrected chi connectivity index (χ3v) is 11.8. The number of amides is 2. The summed E-state index contributed by atoms with van der Waals surface area (Å²) in [6.07, 6.45) is 0.667. The number of oxime groups is 1. The summed E-state index contributed by atoms with van der Waals surface area (Å²) in [6.45, 7) is 5.24. The van der Waals surface area contributed by atoms with Gasteiger partial charge >= 0.3 is 11.9 Å². The summed E-state index contributed by atoms with van der Waals surface area (Å²) >= 11 is 8.54. The number of fused-ring (bicyclic) bond motifs is 1. The quantitative estimate of drug-likeness (QED) is 0.0359. The number of alkyl halides is 1. The Bertz CT molecular complexity index is 2070. The van der Waals surface area contributed by atoms with Gasteiger partial charge in [-0.15, -0.1) is 34.7 Å². The number of anilines is 1. The Morgan fingerprint density at radius 2 is 1.53 bits per heavy atom. The normalized spacial score (nSPS) is 19.2. The first kappa shape index (κ1) is 38.1. The fourth-order valence-corrected chi connectivity index (χ4v) is 8.96. The van der Waals surface area contributed by atoms with Crippen molar-refractivity contribution in [2.75, 3.05) is 16.9 Å². The van der Waals surface area contributed by atoms with Gasteiger partial charge in [0.25, 0.3) is 11.8 Å². The van der Waals surface area contributed by atoms with Gasteiger partial charge in [0.1, 0.15) is 33.9 Å². The van der Waals surface area contributed by atoms with Gasteiger partial charge in [-0.25, -0.2) is 14.6 Å². The van der Waals surface area contributed by atoms with Gasteiger partial charge in [-0.05, 0) is 43.0 Å². The first-order valence-corrected chi connectivity index (χ1v) is 20.0. The highest BCUT2D eigenvalue weighted by Crippen LogP contribution is 2.44. The summed E-state index contributed by atoms with van der Waals surface area (Å²) in [4.78, 5) is 64.6. The molecule has 2 fully saturated rings. The number of aromatic nitrogens is 1. The maximum atomic E-state index is 14.2. The van der Waals surface area contributed by atoms with Crippen LogP contribution in [0.15, 0.2) is 113 Å². The molecule has 284 valence electrons. The van der Waals surface area contributed by atoms with Crippen molar-refractivity contribution in [3.63, 3.8) is 0 Å². The Morgan fingerprint density at radius 3 is 2.02 bits per heavy atom. The molecule has 55 heavy (non-hydrogen) atoms. The summed E-state index contributed by atoms with van der Waals surface area (Å²) in [5, 5.41) is 21.9. The molecule has 15 heteroatoms. The number of carboxylic acid groups (broad SMARTS) is 1. The standard InChI is InChI=1S/C40H38ClN5O7S2/c1-38(2,3)52-36(51)39(19-20-39)53-45-29(32(47)43-30-33(48)46-31(35(49)50)24(21-41)22-54-34(30)46)28-23-55-37(42-28)44-40(25-13-7-4-8-14-25,26-15-9-5-10-16-26)27-17-11-6-12-18-27/h4-18,23,30,34H,19-22H2,1-3H3,(H,42,44)(H,43,47)(H,49,50)/t30?,34-/m0/s1. The number of rotatable bonds is 13. The van der Waals surface area contributed by atoms with Crippen LogP contribution in [-0.2, 0) is 34.3 Å². The molecule has 4 aromatic rings. The van der Waals surface area contributed by atoms with E-state index in [-0.39, 0.29) is 28.7 Å². The van der Waals surface area contributed by atoms with Crippen molar-refractivity contribution in [1.29, 1.82) is 0 Å². The van der Waals surface area contributed by atoms with E-state index in [4.69, 9.17) is 26.2 Å². The molecule has 12 nitrogen and oxygen atoms in total. The predicted molar refractivity (Wildman–Crippen MR) is 211 cm³/mol. The van der Waals surface area contributed by atoms with Gasteiger partial charge in [0.05, 0.1) is 0 Å². The van der Waals surface area contributed by atoms with Crippen LogP contribution in [0.4, 0.5) is 5.13 Å². The number of carboxylic acids is 1. The van der Waals surface area contributed by atoms with Gasteiger partial charge < -0.3 is 25.3 Å². The Balaban J connectivity index is 1.24. The monoisotopic (exact) mass is 799 g/mol. The number of β-lactam (4-membered cyclic amide) rings is 1. The minimum atomic E-state index is -1.37. The molecule has 2 amide bonds. The van der Waals surface area contributed by atoms with Crippen LogP contribution < -0.4 is 10.6 Å². The number of carbonyl (C=O) groups is 4. The zero-order chi connectivity index (χ0) is 39.0. The number of hydrogen-bond acceptors (Lipinski definition) is 11. The van der Waals surface area contributed by atoms with Crippen molar-refractivity contribution in [2.45, 2.75) is 61.8 Å². The molecule has 1 saturated heterocycles. The van der Waals surface area contributed by atoms with Crippen molar-refractivity contribution in [3.8, 4) is 0 Å². The lowest BCUT2D eigenvalue weighted by Crippen LogP contribution is -2.71. The molecule has 3 N–H and O–H groups in total. The van der Waals surface area contributed by atoms with Gasteiger partial charge in [-0.2, -0.15) is 0 Å². The van der Waals surface area contributed by atoms with E-state index in [9.17, 15) is 24.3 Å². The third kappa shape index (κ3) is 7.45. The van der Waals surface area contributed by atoms with E-state index in [0.717, 1.165) is 21.6 Å². The van der Waals surface area contributed by atoms with Crippen LogP contribution in [0.5, 0.6) is 0 Å². The summed E-state index contributed by atoms with van der Waals surface area (Å²) in [7, 11) is 0. The van der Waals surface area contributed by atoms with Crippen LogP contribution in [0, 0.1) is 0 Å². The first-order chi connectivity index (χ1) is 26.4. The molecule has 0 bridgehead atoms. The molecule has 3 aliphatic rings. The van der Waals surface area contributed by atoms with Crippen LogP contribution in [0.1, 0.15) is 56.0 Å². The molecule has 1 saturated carbocycles. The molecule has 3 heterocycles. The number of aliphatic carboxylic acids is 1. The number of esters is 1. The number of thiazole rings is 1. The van der Waals surface area contributed by atoms with Gasteiger partial charge in [0, 0.05) is 29.9 Å². The summed E-state index contributed by atoms with van der Waals surface area (Å²) in [6, 6.07) is 28.8. The number of hydrogen-bond donors (Lipinski definition) is 3. The van der Waals surface area contributed by atoms with Gasteiger partial charge in [0.2, 0.25) is 5.60 Å². The van der Waals surface area contributed by atoms with Crippen LogP contribution in [0.2, 0.25) is 0 Å². The van der Waals surface area contributed by atoms with E-state index in [2.05, 4.69) is 15.8 Å². The minimum Gasteiger partial charge on any atom is -0.477 e. The Hall–Kier alpha value is -5.18. The minimum absolute atomic E-state index is 0.0456. The summed E-state index contributed by atoms with van der Waals surface area (Å²) < 4.78 is 5.59. The third-order valence-electron chi connectivity index (χ3n) is 9.36. The lowest BCUT2D eigenvalue weighted by Gasteiger charge is -2.49.